The van der Waals surface area contributed by atoms with Gasteiger partial charge in [-0.25, -0.2) is 0 Å². The normalized spacial score (nSPS) is 13.5. The molecule has 1 atom stereocenters. The summed E-state index contributed by atoms with van der Waals surface area (Å²) in [6, 6.07) is 0. The third-order valence-corrected chi connectivity index (χ3v) is 1.25. The Morgan fingerprint density at radius 3 is 2.67 bits per heavy atom. The van der Waals surface area contributed by atoms with Crippen molar-refractivity contribution in [3.63, 3.8) is 0 Å². The van der Waals surface area contributed by atoms with Gasteiger partial charge in [0.2, 0.25) is 0 Å². The SMILES string of the molecule is C=NC(N/C=C\C)C(=C)C=NC. The van der Waals surface area contributed by atoms with Gasteiger partial charge in [-0.05, 0) is 19.8 Å². The zero-order chi connectivity index (χ0) is 9.40. The molecule has 0 saturated carbocycles. The van der Waals surface area contributed by atoms with Crippen LogP contribution in [0, 0.1) is 0 Å². The maximum Gasteiger partial charge on any atom is 0.144 e. The van der Waals surface area contributed by atoms with Crippen molar-refractivity contribution < 1.29 is 0 Å². The van der Waals surface area contributed by atoms with E-state index in [1.54, 1.807) is 19.5 Å². The van der Waals surface area contributed by atoms with Gasteiger partial charge in [-0.1, -0.05) is 12.7 Å². The van der Waals surface area contributed by atoms with Crippen molar-refractivity contribution in [3.05, 3.63) is 24.4 Å². The average molecular weight is 165 g/mol. The van der Waals surface area contributed by atoms with Gasteiger partial charge in [0.05, 0.1) is 0 Å². The maximum absolute atomic E-state index is 3.84. The van der Waals surface area contributed by atoms with Crippen molar-refractivity contribution in [2.45, 2.75) is 13.1 Å². The van der Waals surface area contributed by atoms with Gasteiger partial charge >= 0.3 is 0 Å². The van der Waals surface area contributed by atoms with Crippen molar-refractivity contribution in [1.29, 1.82) is 0 Å². The molecular formula is C9H15N3. The lowest BCUT2D eigenvalue weighted by molar-refractivity contribution is 0.728. The van der Waals surface area contributed by atoms with Crippen LogP contribution in [0.2, 0.25) is 0 Å². The average Bonchev–Trinajstić information content (AvgIpc) is 2.06. The van der Waals surface area contributed by atoms with E-state index < -0.39 is 0 Å². The van der Waals surface area contributed by atoms with Crippen LogP contribution in [0.4, 0.5) is 0 Å². The fourth-order valence-corrected chi connectivity index (χ4v) is 0.701. The van der Waals surface area contributed by atoms with Crippen LogP contribution in [0.25, 0.3) is 0 Å². The van der Waals surface area contributed by atoms with Gasteiger partial charge in [0.15, 0.2) is 0 Å². The van der Waals surface area contributed by atoms with Crippen LogP contribution in [-0.4, -0.2) is 26.1 Å². The molecule has 0 radical (unpaired) electrons. The number of hydrogen-bond acceptors (Lipinski definition) is 3. The van der Waals surface area contributed by atoms with E-state index in [1.807, 2.05) is 13.0 Å². The lowest BCUT2D eigenvalue weighted by Crippen LogP contribution is -2.24. The Morgan fingerprint density at radius 1 is 1.58 bits per heavy atom. The first kappa shape index (κ1) is 10.6. The molecule has 0 aliphatic rings. The first-order valence-corrected chi connectivity index (χ1v) is 3.70. The summed E-state index contributed by atoms with van der Waals surface area (Å²) in [5, 5.41) is 3.00. The van der Waals surface area contributed by atoms with Crippen LogP contribution < -0.4 is 5.32 Å². The highest BCUT2D eigenvalue weighted by Gasteiger charge is 2.03. The summed E-state index contributed by atoms with van der Waals surface area (Å²) >= 11 is 0. The van der Waals surface area contributed by atoms with Crippen LogP contribution in [-0.2, 0) is 0 Å². The molecule has 1 unspecified atom stereocenters. The maximum atomic E-state index is 3.84. The van der Waals surface area contributed by atoms with Crippen molar-refractivity contribution >= 4 is 12.9 Å². The molecule has 0 saturated heterocycles. The van der Waals surface area contributed by atoms with Gasteiger partial charge < -0.3 is 5.32 Å². The van der Waals surface area contributed by atoms with Crippen LogP contribution in [0.15, 0.2) is 34.4 Å². The first-order valence-electron chi connectivity index (χ1n) is 3.70. The van der Waals surface area contributed by atoms with E-state index in [0.717, 1.165) is 5.57 Å². The van der Waals surface area contributed by atoms with Gasteiger partial charge in [-0.3, -0.25) is 9.98 Å². The molecule has 66 valence electrons. The Bertz CT molecular complexity index is 204. The zero-order valence-electron chi connectivity index (χ0n) is 7.62. The van der Waals surface area contributed by atoms with Crippen molar-refractivity contribution in [2.24, 2.45) is 9.98 Å². The van der Waals surface area contributed by atoms with Crippen LogP contribution in [0.5, 0.6) is 0 Å². The first-order chi connectivity index (χ1) is 5.76. The highest BCUT2D eigenvalue weighted by molar-refractivity contribution is 5.79. The number of nitrogens with one attached hydrogen (secondary N) is 1. The van der Waals surface area contributed by atoms with Gasteiger partial charge in [0, 0.05) is 18.8 Å². The van der Waals surface area contributed by atoms with Crippen LogP contribution >= 0.6 is 0 Å². The van der Waals surface area contributed by atoms with E-state index in [4.69, 9.17) is 0 Å². The summed E-state index contributed by atoms with van der Waals surface area (Å²) in [6.07, 6.45) is 5.17. The van der Waals surface area contributed by atoms with Crippen LogP contribution in [0.3, 0.4) is 0 Å². The highest BCUT2D eigenvalue weighted by atomic mass is 15.0. The number of rotatable bonds is 5. The summed E-state index contributed by atoms with van der Waals surface area (Å²) in [7, 11) is 1.70. The van der Waals surface area contributed by atoms with Gasteiger partial charge in [0.25, 0.3) is 0 Å². The fourth-order valence-electron chi connectivity index (χ4n) is 0.701. The predicted octanol–water partition coefficient (Wildman–Crippen LogP) is 1.39. The summed E-state index contributed by atoms with van der Waals surface area (Å²) < 4.78 is 0. The Labute approximate surface area is 73.6 Å². The predicted molar refractivity (Wildman–Crippen MR) is 54.8 cm³/mol. The van der Waals surface area contributed by atoms with Gasteiger partial charge in [-0.2, -0.15) is 0 Å². The summed E-state index contributed by atoms with van der Waals surface area (Å²) in [6.45, 7) is 9.16. The molecule has 0 aliphatic heterocycles. The molecular weight excluding hydrogens is 150 g/mol. The summed E-state index contributed by atoms with van der Waals surface area (Å²) in [4.78, 5) is 7.68. The topological polar surface area (TPSA) is 36.8 Å². The second kappa shape index (κ2) is 6.34. The minimum atomic E-state index is -0.176. The smallest absolute Gasteiger partial charge is 0.144 e. The number of aliphatic imine (C=N–C) groups is 2. The van der Waals surface area contributed by atoms with E-state index in [2.05, 4.69) is 28.6 Å². The lowest BCUT2D eigenvalue weighted by atomic mass is 10.2. The van der Waals surface area contributed by atoms with E-state index in [9.17, 15) is 0 Å². The number of nitrogens with zero attached hydrogens (tertiary/aromatic N) is 2. The summed E-state index contributed by atoms with van der Waals surface area (Å²) in [5.41, 5.74) is 0.797. The molecule has 3 heteroatoms. The van der Waals surface area contributed by atoms with E-state index >= 15 is 0 Å². The zero-order valence-corrected chi connectivity index (χ0v) is 7.62. The molecule has 1 N–H and O–H groups in total. The lowest BCUT2D eigenvalue weighted by Gasteiger charge is -2.10. The molecule has 3 nitrogen and oxygen atoms in total. The van der Waals surface area contributed by atoms with Crippen LogP contribution in [0.1, 0.15) is 6.92 Å². The molecule has 0 spiro atoms. The van der Waals surface area contributed by atoms with Gasteiger partial charge in [0.1, 0.15) is 6.17 Å². The summed E-state index contributed by atoms with van der Waals surface area (Å²) in [5.74, 6) is 0. The van der Waals surface area contributed by atoms with Crippen molar-refractivity contribution in [3.8, 4) is 0 Å². The van der Waals surface area contributed by atoms with E-state index in [1.165, 1.54) is 0 Å². The Morgan fingerprint density at radius 2 is 2.25 bits per heavy atom. The molecule has 0 aromatic heterocycles. The molecule has 0 bridgehead atoms. The molecule has 12 heavy (non-hydrogen) atoms. The quantitative estimate of drug-likeness (QED) is 0.614. The highest BCUT2D eigenvalue weighted by Crippen LogP contribution is 1.97. The van der Waals surface area contributed by atoms with Crippen molar-refractivity contribution in [1.82, 2.24) is 5.32 Å². The molecule has 0 aromatic rings. The molecule has 0 aliphatic carbocycles. The second-order valence-corrected chi connectivity index (χ2v) is 2.21. The molecule has 0 fully saturated rings. The minimum absolute atomic E-state index is 0.176. The largest absolute Gasteiger partial charge is 0.366 e. The standard InChI is InChI=1S/C9H15N3/c1-5-6-12-9(11-4)8(2)7-10-3/h5-7,9,12H,2,4H2,1,3H3/b6-5-,10-7?. The third-order valence-electron chi connectivity index (χ3n) is 1.25. The monoisotopic (exact) mass is 165 g/mol. The molecule has 0 rings (SSSR count). The van der Waals surface area contributed by atoms with Crippen molar-refractivity contribution in [2.75, 3.05) is 7.05 Å². The third kappa shape index (κ3) is 3.71. The Kier molecular flexibility index (Phi) is 5.61. The van der Waals surface area contributed by atoms with E-state index in [-0.39, 0.29) is 6.17 Å². The molecule has 0 amide bonds. The minimum Gasteiger partial charge on any atom is -0.366 e. The van der Waals surface area contributed by atoms with E-state index in [0.29, 0.717) is 0 Å². The Hall–Kier alpha value is -1.38. The number of hydrogen-bond donors (Lipinski definition) is 1. The fraction of sp³-hybridized carbons (Fsp3) is 0.333. The second-order valence-electron chi connectivity index (χ2n) is 2.21. The van der Waals surface area contributed by atoms with Gasteiger partial charge in [-0.15, -0.1) is 0 Å². The molecule has 0 heterocycles. The Balaban J connectivity index is 4.14. The molecule has 0 aromatic carbocycles. The number of allylic oxidation sites excluding steroid dienone is 1.